The van der Waals surface area contributed by atoms with Crippen LogP contribution in [0, 0.1) is 0 Å². The van der Waals surface area contributed by atoms with Gasteiger partial charge in [0.25, 0.3) is 0 Å². The van der Waals surface area contributed by atoms with Crippen LogP contribution in [0.4, 0.5) is 0 Å². The molecule has 0 aromatic rings. The second-order valence-electron chi connectivity index (χ2n) is 3.07. The molecule has 0 fully saturated rings. The lowest BCUT2D eigenvalue weighted by Gasteiger charge is -2.05. The van der Waals surface area contributed by atoms with E-state index in [0.717, 1.165) is 12.8 Å². The first-order valence-electron chi connectivity index (χ1n) is 4.66. The van der Waals surface area contributed by atoms with Crippen molar-refractivity contribution < 1.29 is 19.0 Å². The summed E-state index contributed by atoms with van der Waals surface area (Å²) in [5.74, 6) is 0. The van der Waals surface area contributed by atoms with Gasteiger partial charge in [0.2, 0.25) is 0 Å². The molecule has 0 aromatic carbocycles. The molecule has 5 heteroatoms. The fourth-order valence-corrected chi connectivity index (χ4v) is 1.24. The Morgan fingerprint density at radius 2 is 2.08 bits per heavy atom. The van der Waals surface area contributed by atoms with E-state index >= 15 is 0 Å². The molecule has 0 saturated heterocycles. The summed E-state index contributed by atoms with van der Waals surface area (Å²) in [5.41, 5.74) is 0. The fourth-order valence-electron chi connectivity index (χ4n) is 1.02. The molecule has 0 radical (unpaired) electrons. The molecule has 13 heavy (non-hydrogen) atoms. The number of rotatable bonds is 8. The van der Waals surface area contributed by atoms with E-state index in [4.69, 9.17) is 4.89 Å². The van der Waals surface area contributed by atoms with Crippen LogP contribution in [0.5, 0.6) is 0 Å². The smallest absolute Gasteiger partial charge is 0.184 e. The molecule has 0 aromatic heterocycles. The molecule has 0 aliphatic carbocycles. The van der Waals surface area contributed by atoms with E-state index < -0.39 is 8.25 Å². The predicted octanol–water partition coefficient (Wildman–Crippen LogP) is 2.94. The lowest BCUT2D eigenvalue weighted by Crippen LogP contribution is -2.05. The van der Waals surface area contributed by atoms with Gasteiger partial charge in [-0.05, 0) is 13.3 Å². The summed E-state index contributed by atoms with van der Waals surface area (Å²) in [6, 6.07) is 0. The van der Waals surface area contributed by atoms with E-state index in [2.05, 4.69) is 16.5 Å². The SMILES string of the molecule is CCCCCCC(C)OO[P+](=O)O. The second kappa shape index (κ2) is 8.57. The van der Waals surface area contributed by atoms with Gasteiger partial charge in [-0.25, -0.2) is 0 Å². The van der Waals surface area contributed by atoms with Crippen molar-refractivity contribution in [2.75, 3.05) is 0 Å². The van der Waals surface area contributed by atoms with Crippen LogP contribution in [0.2, 0.25) is 0 Å². The fraction of sp³-hybridized carbons (Fsp3) is 1.00. The van der Waals surface area contributed by atoms with Gasteiger partial charge in [-0.1, -0.05) is 32.6 Å². The maximum Gasteiger partial charge on any atom is 0.725 e. The van der Waals surface area contributed by atoms with Gasteiger partial charge in [0.05, 0.1) is 10.8 Å². The lowest BCUT2D eigenvalue weighted by atomic mass is 10.1. The first-order valence-corrected chi connectivity index (χ1v) is 5.79. The van der Waals surface area contributed by atoms with Crippen molar-refractivity contribution in [2.45, 2.75) is 52.1 Å². The molecular weight excluding hydrogens is 191 g/mol. The van der Waals surface area contributed by atoms with Gasteiger partial charge in [-0.2, -0.15) is 4.89 Å². The summed E-state index contributed by atoms with van der Waals surface area (Å²) in [5, 5.41) is 0. The number of hydrogen-bond acceptors (Lipinski definition) is 3. The molecule has 0 heterocycles. The maximum atomic E-state index is 10.1. The van der Waals surface area contributed by atoms with Crippen LogP contribution < -0.4 is 0 Å². The zero-order chi connectivity index (χ0) is 10.1. The minimum atomic E-state index is -2.63. The number of hydrogen-bond donors (Lipinski definition) is 1. The highest BCUT2D eigenvalue weighted by Gasteiger charge is 2.16. The highest BCUT2D eigenvalue weighted by molar-refractivity contribution is 7.31. The Bertz CT molecular complexity index is 140. The third-order valence-electron chi connectivity index (χ3n) is 1.74. The summed E-state index contributed by atoms with van der Waals surface area (Å²) >= 11 is 0. The van der Waals surface area contributed by atoms with Gasteiger partial charge < -0.3 is 0 Å². The summed E-state index contributed by atoms with van der Waals surface area (Å²) < 4.78 is 14.2. The molecule has 0 spiro atoms. The lowest BCUT2D eigenvalue weighted by molar-refractivity contribution is -0.242. The van der Waals surface area contributed by atoms with E-state index in [0.29, 0.717) is 0 Å². The highest BCUT2D eigenvalue weighted by atomic mass is 31.1. The average Bonchev–Trinajstić information content (AvgIpc) is 2.09. The van der Waals surface area contributed by atoms with Crippen LogP contribution >= 0.6 is 8.25 Å². The molecule has 0 amide bonds. The Kier molecular flexibility index (Phi) is 8.56. The normalized spacial score (nSPS) is 14.2. The summed E-state index contributed by atoms with van der Waals surface area (Å²) in [6.07, 6.45) is 5.43. The van der Waals surface area contributed by atoms with Crippen LogP contribution in [0.25, 0.3) is 0 Å². The second-order valence-corrected chi connectivity index (χ2v) is 3.69. The van der Waals surface area contributed by atoms with Crippen molar-refractivity contribution in [2.24, 2.45) is 0 Å². The Hall–Kier alpha value is -0.0200. The molecule has 0 rings (SSSR count). The van der Waals surface area contributed by atoms with Gasteiger partial charge >= 0.3 is 8.25 Å². The van der Waals surface area contributed by atoms with Gasteiger partial charge in [0, 0.05) is 4.57 Å². The molecule has 2 unspecified atom stereocenters. The van der Waals surface area contributed by atoms with Crippen molar-refractivity contribution >= 4 is 8.25 Å². The molecule has 0 aliphatic rings. The molecule has 0 aliphatic heterocycles. The largest absolute Gasteiger partial charge is 0.725 e. The standard InChI is InChI=1S/C8H17O4P/c1-3-4-5-6-7-8(2)11-12-13(9)10/h8H,3-7H2,1-2H3/p+1. The Morgan fingerprint density at radius 3 is 2.62 bits per heavy atom. The monoisotopic (exact) mass is 209 g/mol. The number of unbranched alkanes of at least 4 members (excludes halogenated alkanes) is 3. The molecule has 4 nitrogen and oxygen atoms in total. The molecule has 0 saturated carbocycles. The van der Waals surface area contributed by atoms with E-state index in [1.807, 2.05) is 6.92 Å². The van der Waals surface area contributed by atoms with Gasteiger partial charge in [-0.3, -0.25) is 0 Å². The molecular formula is C8H18O4P+. The summed E-state index contributed by atoms with van der Waals surface area (Å²) in [6.45, 7) is 3.98. The van der Waals surface area contributed by atoms with Crippen LogP contribution in [0.3, 0.4) is 0 Å². The molecule has 78 valence electrons. The summed E-state index contributed by atoms with van der Waals surface area (Å²) in [7, 11) is -2.63. The van der Waals surface area contributed by atoms with Gasteiger partial charge in [-0.15, -0.1) is 4.89 Å². The molecule has 2 atom stereocenters. The van der Waals surface area contributed by atoms with Crippen molar-refractivity contribution in [1.29, 1.82) is 0 Å². The van der Waals surface area contributed by atoms with E-state index in [1.165, 1.54) is 19.3 Å². The van der Waals surface area contributed by atoms with Gasteiger partial charge in [0.15, 0.2) is 0 Å². The first kappa shape index (κ1) is 13.0. The zero-order valence-corrected chi connectivity index (χ0v) is 9.13. The van der Waals surface area contributed by atoms with Crippen LogP contribution in [-0.4, -0.2) is 11.0 Å². The third kappa shape index (κ3) is 9.90. The molecule has 0 bridgehead atoms. The van der Waals surface area contributed by atoms with E-state index in [9.17, 15) is 4.57 Å². The Morgan fingerprint density at radius 1 is 1.38 bits per heavy atom. The van der Waals surface area contributed by atoms with Crippen LogP contribution in [0.15, 0.2) is 0 Å². The third-order valence-corrected chi connectivity index (χ3v) is 1.95. The summed E-state index contributed by atoms with van der Waals surface area (Å²) in [4.78, 5) is 12.9. The Balaban J connectivity index is 3.19. The van der Waals surface area contributed by atoms with Crippen molar-refractivity contribution in [3.63, 3.8) is 0 Å². The minimum absolute atomic E-state index is 0.108. The topological polar surface area (TPSA) is 55.8 Å². The predicted molar refractivity (Wildman–Crippen MR) is 50.2 cm³/mol. The first-order chi connectivity index (χ1) is 6.16. The van der Waals surface area contributed by atoms with E-state index in [1.54, 1.807) is 0 Å². The quantitative estimate of drug-likeness (QED) is 0.289. The van der Waals surface area contributed by atoms with Crippen molar-refractivity contribution in [3.05, 3.63) is 0 Å². The maximum absolute atomic E-state index is 10.1. The van der Waals surface area contributed by atoms with Gasteiger partial charge in [0.1, 0.15) is 0 Å². The van der Waals surface area contributed by atoms with Crippen molar-refractivity contribution in [1.82, 2.24) is 0 Å². The average molecular weight is 209 g/mol. The van der Waals surface area contributed by atoms with Crippen LogP contribution in [0.1, 0.15) is 46.0 Å². The Labute approximate surface area is 80.1 Å². The van der Waals surface area contributed by atoms with Crippen molar-refractivity contribution in [3.8, 4) is 0 Å². The van der Waals surface area contributed by atoms with Crippen LogP contribution in [-0.2, 0) is 14.1 Å². The van der Waals surface area contributed by atoms with E-state index in [-0.39, 0.29) is 6.10 Å². The highest BCUT2D eigenvalue weighted by Crippen LogP contribution is 2.18. The molecule has 1 N–H and O–H groups in total. The zero-order valence-electron chi connectivity index (χ0n) is 8.23. The minimum Gasteiger partial charge on any atom is -0.184 e.